The maximum atomic E-state index is 14.4. The van der Waals surface area contributed by atoms with E-state index < -0.39 is 23.0 Å². The molecule has 0 aliphatic carbocycles. The molecule has 4 nitrogen and oxygen atoms in total. The molecule has 0 aromatic heterocycles. The second-order valence-corrected chi connectivity index (χ2v) is 8.41. The van der Waals surface area contributed by atoms with Gasteiger partial charge < -0.3 is 9.57 Å². The van der Waals surface area contributed by atoms with Crippen LogP contribution in [-0.2, 0) is 15.2 Å². The van der Waals surface area contributed by atoms with Gasteiger partial charge in [-0.15, -0.1) is 0 Å². The van der Waals surface area contributed by atoms with Gasteiger partial charge >= 0.3 is 12.1 Å². The highest BCUT2D eigenvalue weighted by atomic mass is 35.5. The lowest BCUT2D eigenvalue weighted by Crippen LogP contribution is -2.51. The van der Waals surface area contributed by atoms with Crippen LogP contribution in [0, 0.1) is 6.92 Å². The summed E-state index contributed by atoms with van der Waals surface area (Å²) in [7, 11) is 1.25. The fourth-order valence-electron chi connectivity index (χ4n) is 3.39. The zero-order chi connectivity index (χ0) is 22.3. The first kappa shape index (κ1) is 22.8. The van der Waals surface area contributed by atoms with Crippen LogP contribution in [0.2, 0.25) is 10.0 Å². The van der Waals surface area contributed by atoms with Crippen LogP contribution in [0.4, 0.5) is 13.2 Å². The molecule has 1 heterocycles. The van der Waals surface area contributed by atoms with Gasteiger partial charge in [0.1, 0.15) is 11.0 Å². The highest BCUT2D eigenvalue weighted by Crippen LogP contribution is 2.53. The van der Waals surface area contributed by atoms with Crippen molar-refractivity contribution in [2.45, 2.75) is 24.0 Å². The number of methoxy groups -OCH3 is 1. The van der Waals surface area contributed by atoms with Crippen LogP contribution in [0.1, 0.15) is 27.0 Å². The van der Waals surface area contributed by atoms with Crippen molar-refractivity contribution in [3.63, 3.8) is 0 Å². The molecule has 2 unspecified atom stereocenters. The number of halogens is 5. The Kier molecular flexibility index (Phi) is 6.32. The van der Waals surface area contributed by atoms with Crippen molar-refractivity contribution in [2.24, 2.45) is 5.16 Å². The van der Waals surface area contributed by atoms with Gasteiger partial charge in [0.2, 0.25) is 0 Å². The molecular formula is C20H16Cl2F3NO3S. The minimum Gasteiger partial charge on any atom is -0.465 e. The molecule has 0 radical (unpaired) electrons. The summed E-state index contributed by atoms with van der Waals surface area (Å²) in [4.78, 5) is 17.0. The minimum atomic E-state index is -4.82. The van der Waals surface area contributed by atoms with E-state index >= 15 is 0 Å². The number of aryl methyl sites for hydroxylation is 1. The van der Waals surface area contributed by atoms with Crippen LogP contribution in [-0.4, -0.2) is 36.5 Å². The summed E-state index contributed by atoms with van der Waals surface area (Å²) < 4.78 is 48.0. The predicted molar refractivity (Wildman–Crippen MR) is 112 cm³/mol. The number of thioether (sulfide) groups is 1. The lowest BCUT2D eigenvalue weighted by molar-refractivity contribution is -0.273. The molecular weight excluding hydrogens is 462 g/mol. The van der Waals surface area contributed by atoms with Crippen LogP contribution in [0.15, 0.2) is 41.6 Å². The number of alkyl halides is 3. The summed E-state index contributed by atoms with van der Waals surface area (Å²) in [6.45, 7) is 1.66. The van der Waals surface area contributed by atoms with E-state index in [0.717, 1.165) is 11.8 Å². The van der Waals surface area contributed by atoms with Crippen LogP contribution in [0.5, 0.6) is 0 Å². The molecule has 1 aliphatic heterocycles. The van der Waals surface area contributed by atoms with E-state index in [1.54, 1.807) is 13.0 Å². The van der Waals surface area contributed by atoms with Crippen LogP contribution in [0.3, 0.4) is 0 Å². The smallest absolute Gasteiger partial charge is 0.436 e. The molecule has 0 saturated carbocycles. The third-order valence-electron chi connectivity index (χ3n) is 4.78. The van der Waals surface area contributed by atoms with Gasteiger partial charge in [-0.1, -0.05) is 34.4 Å². The lowest BCUT2D eigenvalue weighted by atomic mass is 9.85. The zero-order valence-electron chi connectivity index (χ0n) is 16.0. The van der Waals surface area contributed by atoms with Crippen LogP contribution >= 0.6 is 35.0 Å². The number of ether oxygens (including phenoxy) is 1. The Morgan fingerprint density at radius 1 is 1.20 bits per heavy atom. The molecule has 2 aromatic carbocycles. The maximum absolute atomic E-state index is 14.4. The monoisotopic (exact) mass is 477 g/mol. The molecule has 160 valence electrons. The first-order valence-corrected chi connectivity index (χ1v) is 10.6. The highest BCUT2D eigenvalue weighted by molar-refractivity contribution is 8.00. The number of hydrogen-bond acceptors (Lipinski definition) is 5. The van der Waals surface area contributed by atoms with E-state index in [1.807, 2.05) is 0 Å². The number of esters is 1. The molecule has 3 rings (SSSR count). The Bertz CT molecular complexity index is 1010. The largest absolute Gasteiger partial charge is 0.465 e. The van der Waals surface area contributed by atoms with Gasteiger partial charge in [-0.2, -0.15) is 24.9 Å². The average Bonchev–Trinajstić information content (AvgIpc) is 3.07. The van der Waals surface area contributed by atoms with Gasteiger partial charge in [-0.3, -0.25) is 0 Å². The molecule has 0 N–H and O–H groups in total. The molecule has 0 fully saturated rings. The van der Waals surface area contributed by atoms with E-state index in [-0.39, 0.29) is 21.3 Å². The lowest BCUT2D eigenvalue weighted by Gasteiger charge is -2.34. The van der Waals surface area contributed by atoms with Crippen LogP contribution in [0.25, 0.3) is 0 Å². The van der Waals surface area contributed by atoms with Crippen molar-refractivity contribution in [1.82, 2.24) is 0 Å². The van der Waals surface area contributed by atoms with Gasteiger partial charge in [0.25, 0.3) is 5.60 Å². The molecule has 2 aromatic rings. The summed E-state index contributed by atoms with van der Waals surface area (Å²) in [6.07, 6.45) is -3.28. The highest BCUT2D eigenvalue weighted by Gasteiger charge is 2.68. The Morgan fingerprint density at radius 2 is 1.83 bits per heavy atom. The first-order chi connectivity index (χ1) is 14.0. The number of carbonyl (C=O) groups is 1. The summed E-state index contributed by atoms with van der Waals surface area (Å²) in [5.74, 6) is -0.539. The number of benzene rings is 2. The number of nitrogens with zero attached hydrogens (tertiary/aromatic N) is 1. The average molecular weight is 478 g/mol. The van der Waals surface area contributed by atoms with Crippen molar-refractivity contribution in [3.05, 3.63) is 68.7 Å². The van der Waals surface area contributed by atoms with Gasteiger partial charge in [0.15, 0.2) is 0 Å². The minimum absolute atomic E-state index is 0.0521. The fraction of sp³-hybridized carbons (Fsp3) is 0.300. The molecule has 1 aliphatic rings. The zero-order valence-corrected chi connectivity index (χ0v) is 18.3. The summed E-state index contributed by atoms with van der Waals surface area (Å²) >= 11 is 12.9. The fourth-order valence-corrected chi connectivity index (χ4v) is 4.96. The van der Waals surface area contributed by atoms with E-state index in [0.29, 0.717) is 16.7 Å². The van der Waals surface area contributed by atoms with Crippen molar-refractivity contribution in [2.75, 3.05) is 13.4 Å². The molecule has 10 heteroatoms. The van der Waals surface area contributed by atoms with Crippen molar-refractivity contribution in [1.29, 1.82) is 0 Å². The first-order valence-electron chi connectivity index (χ1n) is 8.56. The Morgan fingerprint density at radius 3 is 2.33 bits per heavy atom. The van der Waals surface area contributed by atoms with E-state index in [2.05, 4.69) is 5.16 Å². The number of carbonyl (C=O) groups excluding carboxylic acids is 1. The Labute approximate surface area is 185 Å². The summed E-state index contributed by atoms with van der Waals surface area (Å²) in [6, 6.07) is 8.27. The second-order valence-electron chi connectivity index (χ2n) is 6.60. The van der Waals surface area contributed by atoms with E-state index in [1.165, 1.54) is 43.7 Å². The normalized spacial score (nSPS) is 21.2. The maximum Gasteiger partial charge on any atom is 0.436 e. The Hall–Kier alpha value is -1.90. The summed E-state index contributed by atoms with van der Waals surface area (Å²) in [5, 5.41) is 2.69. The number of rotatable bonds is 4. The molecule has 2 atom stereocenters. The van der Waals surface area contributed by atoms with Crippen LogP contribution < -0.4 is 0 Å². The number of hydrogen-bond donors (Lipinski definition) is 0. The van der Waals surface area contributed by atoms with Gasteiger partial charge in [0.05, 0.1) is 12.7 Å². The quantitative estimate of drug-likeness (QED) is 0.505. The molecule has 0 bridgehead atoms. The van der Waals surface area contributed by atoms with E-state index in [4.69, 9.17) is 32.8 Å². The Balaban J connectivity index is 2.13. The second kappa shape index (κ2) is 8.32. The number of oxime groups is 1. The van der Waals surface area contributed by atoms with Gasteiger partial charge in [-0.05, 0) is 49.1 Å². The van der Waals surface area contributed by atoms with Crippen molar-refractivity contribution < 1.29 is 27.5 Å². The molecule has 0 amide bonds. The SMILES string of the molecule is COC(=O)c1ccc(C2=NOC(c3cc(Cl)cc(Cl)c3)(C(F)(F)F)C2SC)cc1C. The molecule has 30 heavy (non-hydrogen) atoms. The predicted octanol–water partition coefficient (Wildman–Crippen LogP) is 6.01. The summed E-state index contributed by atoms with van der Waals surface area (Å²) in [5.41, 5.74) is -1.67. The van der Waals surface area contributed by atoms with Crippen molar-refractivity contribution >= 4 is 46.6 Å². The topological polar surface area (TPSA) is 47.9 Å². The third-order valence-corrected chi connectivity index (χ3v) is 6.24. The third kappa shape index (κ3) is 3.76. The molecule has 0 spiro atoms. The van der Waals surface area contributed by atoms with Crippen molar-refractivity contribution in [3.8, 4) is 0 Å². The van der Waals surface area contributed by atoms with Gasteiger partial charge in [0, 0.05) is 21.2 Å². The van der Waals surface area contributed by atoms with E-state index in [9.17, 15) is 18.0 Å². The standard InChI is InChI=1S/C20H16Cl2F3NO3S/c1-10-6-11(4-5-15(10)18(27)28-2)16-17(30-3)19(29-26-16,20(23,24)25)12-7-13(21)9-14(22)8-12/h4-9,17H,1-3H3. The van der Waals surface area contributed by atoms with Gasteiger partial charge in [-0.25, -0.2) is 4.79 Å². The molecule has 0 saturated heterocycles.